The van der Waals surface area contributed by atoms with E-state index in [1.165, 1.54) is 0 Å². The highest BCUT2D eigenvalue weighted by Crippen LogP contribution is 2.25. The Labute approximate surface area is 154 Å². The minimum Gasteiger partial charge on any atom is -0.441 e. The van der Waals surface area contributed by atoms with Crippen molar-refractivity contribution in [1.82, 2.24) is 4.98 Å². The molecule has 0 aliphatic rings. The molecule has 1 aromatic heterocycles. The van der Waals surface area contributed by atoms with Crippen LogP contribution in [0.2, 0.25) is 0 Å². The molecule has 0 spiro atoms. The van der Waals surface area contributed by atoms with Gasteiger partial charge < -0.3 is 9.15 Å². The Balaban J connectivity index is 2.03. The van der Waals surface area contributed by atoms with E-state index < -0.39 is 15.6 Å². The fourth-order valence-electron chi connectivity index (χ4n) is 2.64. The topological polar surface area (TPSA) is 86.5 Å². The molecule has 0 radical (unpaired) electrons. The molecule has 0 aliphatic heterocycles. The van der Waals surface area contributed by atoms with Crippen molar-refractivity contribution in [3.63, 3.8) is 0 Å². The van der Waals surface area contributed by atoms with Gasteiger partial charge in [0.25, 0.3) is 0 Å². The summed E-state index contributed by atoms with van der Waals surface area (Å²) in [6.07, 6.45) is 1.61. The van der Waals surface area contributed by atoms with Gasteiger partial charge >= 0.3 is 0 Å². The van der Waals surface area contributed by atoms with Crippen LogP contribution in [0.1, 0.15) is 36.3 Å². The molecule has 0 aliphatic carbocycles. The van der Waals surface area contributed by atoms with Gasteiger partial charge in [0.2, 0.25) is 5.89 Å². The molecule has 0 N–H and O–H groups in total. The van der Waals surface area contributed by atoms with Gasteiger partial charge in [0.05, 0.1) is 11.4 Å². The molecular weight excluding hydrogens is 354 g/mol. The van der Waals surface area contributed by atoms with Crippen LogP contribution in [0.5, 0.6) is 0 Å². The van der Waals surface area contributed by atoms with Gasteiger partial charge in [0.1, 0.15) is 17.3 Å². The number of oxazole rings is 1. The number of unbranched alkanes of at least 4 members (excludes halogenated alkanes) is 1. The van der Waals surface area contributed by atoms with Crippen molar-refractivity contribution in [2.24, 2.45) is 0 Å². The molecule has 0 amide bonds. The van der Waals surface area contributed by atoms with Gasteiger partial charge in [-0.05, 0) is 38.3 Å². The number of hydrogen-bond acceptors (Lipinski definition) is 6. The normalized spacial score (nSPS) is 11.7. The Morgan fingerprint density at radius 2 is 1.92 bits per heavy atom. The first-order valence-electron chi connectivity index (χ1n) is 8.56. The predicted molar refractivity (Wildman–Crippen MR) is 99.6 cm³/mol. The molecule has 6 nitrogen and oxygen atoms in total. The zero-order chi connectivity index (χ0) is 19.2. The van der Waals surface area contributed by atoms with Crippen LogP contribution >= 0.6 is 0 Å². The molecule has 0 saturated heterocycles. The Morgan fingerprint density at radius 1 is 1.19 bits per heavy atom. The van der Waals surface area contributed by atoms with E-state index in [1.54, 1.807) is 14.0 Å². The summed E-state index contributed by atoms with van der Waals surface area (Å²) in [5, 5.41) is 0. The predicted octanol–water partition coefficient (Wildman–Crippen LogP) is 3.26. The van der Waals surface area contributed by atoms with E-state index in [0.29, 0.717) is 30.4 Å². The number of carbonyl (C=O) groups excluding carboxylic acids is 1. The Morgan fingerprint density at radius 3 is 2.62 bits per heavy atom. The van der Waals surface area contributed by atoms with Crippen LogP contribution in [-0.2, 0) is 25.1 Å². The van der Waals surface area contributed by atoms with Gasteiger partial charge in [-0.1, -0.05) is 18.2 Å². The molecule has 0 saturated carbocycles. The van der Waals surface area contributed by atoms with Crippen molar-refractivity contribution in [2.45, 2.75) is 38.9 Å². The number of sulfone groups is 1. The third-order valence-electron chi connectivity index (χ3n) is 4.06. The highest BCUT2D eigenvalue weighted by molar-refractivity contribution is 7.91. The minimum absolute atomic E-state index is 0.245. The second-order valence-corrected chi connectivity index (χ2v) is 8.42. The number of benzene rings is 1. The fraction of sp³-hybridized carbons (Fsp3) is 0.474. The summed E-state index contributed by atoms with van der Waals surface area (Å²) >= 11 is 0. The van der Waals surface area contributed by atoms with Crippen molar-refractivity contribution in [1.29, 1.82) is 0 Å². The number of hydrogen-bond donors (Lipinski definition) is 0. The fourth-order valence-corrected chi connectivity index (χ4v) is 4.06. The molecular formula is C19H25NO5S. The number of methoxy groups -OCH3 is 1. The van der Waals surface area contributed by atoms with Crippen molar-refractivity contribution in [3.8, 4) is 11.5 Å². The van der Waals surface area contributed by atoms with E-state index in [9.17, 15) is 13.2 Å². The van der Waals surface area contributed by atoms with Gasteiger partial charge in [0, 0.05) is 25.7 Å². The second-order valence-electron chi connectivity index (χ2n) is 6.36. The third-order valence-corrected chi connectivity index (χ3v) is 5.53. The molecule has 26 heavy (non-hydrogen) atoms. The van der Waals surface area contributed by atoms with Gasteiger partial charge in [-0.2, -0.15) is 0 Å². The zero-order valence-electron chi connectivity index (χ0n) is 15.4. The highest BCUT2D eigenvalue weighted by atomic mass is 32.2. The molecule has 0 unspecified atom stereocenters. The van der Waals surface area contributed by atoms with Gasteiger partial charge in [0.15, 0.2) is 9.84 Å². The van der Waals surface area contributed by atoms with Crippen LogP contribution in [-0.4, -0.2) is 38.7 Å². The molecule has 142 valence electrons. The van der Waals surface area contributed by atoms with Crippen LogP contribution < -0.4 is 0 Å². The van der Waals surface area contributed by atoms with Crippen LogP contribution in [0.15, 0.2) is 28.7 Å². The average Bonchev–Trinajstić information content (AvgIpc) is 2.91. The lowest BCUT2D eigenvalue weighted by molar-refractivity contribution is -0.116. The first-order chi connectivity index (χ1) is 12.3. The third kappa shape index (κ3) is 5.78. The summed E-state index contributed by atoms with van der Waals surface area (Å²) in [5.41, 5.74) is 2.18. The van der Waals surface area contributed by atoms with E-state index in [4.69, 9.17) is 9.15 Å². The Hall–Kier alpha value is -1.99. The quantitative estimate of drug-likeness (QED) is 0.589. The number of aromatic nitrogens is 1. The van der Waals surface area contributed by atoms with E-state index in [0.717, 1.165) is 17.5 Å². The van der Waals surface area contributed by atoms with Crippen molar-refractivity contribution >= 4 is 15.6 Å². The first-order valence-corrected chi connectivity index (χ1v) is 10.4. The summed E-state index contributed by atoms with van der Waals surface area (Å²) in [5.74, 6) is -0.179. The maximum Gasteiger partial charge on any atom is 0.226 e. The number of rotatable bonds is 10. The van der Waals surface area contributed by atoms with E-state index in [-0.39, 0.29) is 18.0 Å². The summed E-state index contributed by atoms with van der Waals surface area (Å²) in [4.78, 5) is 16.3. The number of aryl methyl sites for hydroxylation is 2. The standard InChI is InChI=1S/C19H25NO5S/c1-14-8-4-5-10-17(14)19-20-18(15(2)25-19)13-26(22,23)12-16(21)9-6-7-11-24-3/h4-5,8,10H,6-7,9,11-13H2,1-3H3. The lowest BCUT2D eigenvalue weighted by Crippen LogP contribution is -2.18. The summed E-state index contributed by atoms with van der Waals surface area (Å²) in [7, 11) is -1.99. The number of Topliss-reactive ketones (excluding diaryl/α,β-unsaturated/α-hetero) is 1. The maximum absolute atomic E-state index is 12.3. The monoisotopic (exact) mass is 379 g/mol. The number of ketones is 1. The smallest absolute Gasteiger partial charge is 0.226 e. The molecule has 7 heteroatoms. The SMILES string of the molecule is COCCCCC(=O)CS(=O)(=O)Cc1nc(-c2ccccc2C)oc1C. The van der Waals surface area contributed by atoms with Crippen LogP contribution in [0.3, 0.4) is 0 Å². The van der Waals surface area contributed by atoms with Crippen molar-refractivity contribution in [2.75, 3.05) is 19.5 Å². The van der Waals surface area contributed by atoms with Gasteiger partial charge in [-0.3, -0.25) is 4.79 Å². The molecule has 2 aromatic rings. The Bertz CT molecular complexity index is 855. The van der Waals surface area contributed by atoms with Crippen LogP contribution in [0, 0.1) is 13.8 Å². The lowest BCUT2D eigenvalue weighted by Gasteiger charge is -2.03. The van der Waals surface area contributed by atoms with Crippen LogP contribution in [0.25, 0.3) is 11.5 Å². The van der Waals surface area contributed by atoms with E-state index >= 15 is 0 Å². The summed E-state index contributed by atoms with van der Waals surface area (Å²) < 4.78 is 35.2. The van der Waals surface area contributed by atoms with E-state index in [2.05, 4.69) is 4.98 Å². The number of ether oxygens (including phenoxy) is 1. The summed E-state index contributed by atoms with van der Waals surface area (Å²) in [6.45, 7) is 4.19. The van der Waals surface area contributed by atoms with E-state index in [1.807, 2.05) is 31.2 Å². The van der Waals surface area contributed by atoms with Gasteiger partial charge in [-0.15, -0.1) is 0 Å². The second kappa shape index (κ2) is 9.09. The maximum atomic E-state index is 12.3. The molecule has 0 bridgehead atoms. The number of carbonyl (C=O) groups is 1. The minimum atomic E-state index is -3.58. The Kier molecular flexibility index (Phi) is 7.11. The van der Waals surface area contributed by atoms with Gasteiger partial charge in [-0.25, -0.2) is 13.4 Å². The lowest BCUT2D eigenvalue weighted by atomic mass is 10.1. The largest absolute Gasteiger partial charge is 0.441 e. The molecule has 0 atom stereocenters. The molecule has 2 rings (SSSR count). The van der Waals surface area contributed by atoms with Crippen LogP contribution in [0.4, 0.5) is 0 Å². The van der Waals surface area contributed by atoms with Crippen molar-refractivity contribution < 1.29 is 22.4 Å². The molecule has 0 fully saturated rings. The molecule has 1 aromatic carbocycles. The number of nitrogens with zero attached hydrogens (tertiary/aromatic N) is 1. The molecule has 1 heterocycles. The van der Waals surface area contributed by atoms with Crippen molar-refractivity contribution in [3.05, 3.63) is 41.3 Å². The first kappa shape index (κ1) is 20.3. The summed E-state index contributed by atoms with van der Waals surface area (Å²) in [6, 6.07) is 7.61. The average molecular weight is 379 g/mol. The zero-order valence-corrected chi connectivity index (χ0v) is 16.3. The highest BCUT2D eigenvalue weighted by Gasteiger charge is 2.22.